The SMILES string of the molecule is Cc1ccc(-c2cc3c(cc2C)oc2cccnc23)[n+](C)c1. The summed E-state index contributed by atoms with van der Waals surface area (Å²) in [6.45, 7) is 4.22. The number of nitrogens with zero attached hydrogens (tertiary/aromatic N) is 2. The summed E-state index contributed by atoms with van der Waals surface area (Å²) in [4.78, 5) is 4.47. The largest absolute Gasteiger partial charge is 0.454 e. The van der Waals surface area contributed by atoms with Crippen LogP contribution in [-0.4, -0.2) is 4.98 Å². The Labute approximate surface area is 128 Å². The lowest BCUT2D eigenvalue weighted by molar-refractivity contribution is -0.660. The van der Waals surface area contributed by atoms with Gasteiger partial charge in [0.1, 0.15) is 18.1 Å². The summed E-state index contributed by atoms with van der Waals surface area (Å²) in [5, 5.41) is 1.07. The molecule has 3 nitrogen and oxygen atoms in total. The van der Waals surface area contributed by atoms with Crippen LogP contribution in [0.15, 0.2) is 53.2 Å². The van der Waals surface area contributed by atoms with Crippen LogP contribution in [0.25, 0.3) is 33.3 Å². The van der Waals surface area contributed by atoms with E-state index >= 15 is 0 Å². The molecule has 3 heteroatoms. The van der Waals surface area contributed by atoms with E-state index in [0.29, 0.717) is 0 Å². The average molecular weight is 289 g/mol. The van der Waals surface area contributed by atoms with Gasteiger partial charge >= 0.3 is 0 Å². The Balaban J connectivity index is 2.05. The van der Waals surface area contributed by atoms with Gasteiger partial charge in [-0.2, -0.15) is 0 Å². The molecule has 108 valence electrons. The number of pyridine rings is 2. The van der Waals surface area contributed by atoms with Gasteiger partial charge in [-0.3, -0.25) is 4.98 Å². The summed E-state index contributed by atoms with van der Waals surface area (Å²) in [5.41, 5.74) is 7.51. The molecule has 0 spiro atoms. The fourth-order valence-electron chi connectivity index (χ4n) is 3.05. The molecular formula is C19H17N2O+. The van der Waals surface area contributed by atoms with Crippen molar-refractivity contribution in [2.45, 2.75) is 13.8 Å². The Morgan fingerprint density at radius 3 is 2.73 bits per heavy atom. The standard InChI is InChI=1S/C19H17N2O/c1-12-6-7-16(21(3)11-12)14-10-15-18(9-13(14)2)22-17-5-4-8-20-19(15)17/h4-11H,1-3H3/q+1. The quantitative estimate of drug-likeness (QED) is 0.494. The van der Waals surface area contributed by atoms with Crippen LogP contribution in [0.3, 0.4) is 0 Å². The van der Waals surface area contributed by atoms with E-state index in [1.165, 1.54) is 22.4 Å². The monoisotopic (exact) mass is 289 g/mol. The highest BCUT2D eigenvalue weighted by Gasteiger charge is 2.16. The van der Waals surface area contributed by atoms with Crippen LogP contribution in [0.1, 0.15) is 11.1 Å². The second-order valence-electron chi connectivity index (χ2n) is 5.82. The minimum absolute atomic E-state index is 0.835. The summed E-state index contributed by atoms with van der Waals surface area (Å²) in [6.07, 6.45) is 3.95. The van der Waals surface area contributed by atoms with E-state index in [2.05, 4.69) is 60.9 Å². The number of hydrogen-bond donors (Lipinski definition) is 0. The Morgan fingerprint density at radius 2 is 1.91 bits per heavy atom. The molecule has 0 atom stereocenters. The molecule has 0 aliphatic rings. The lowest BCUT2D eigenvalue weighted by Crippen LogP contribution is -2.31. The van der Waals surface area contributed by atoms with Crippen molar-refractivity contribution in [3.8, 4) is 11.3 Å². The number of benzene rings is 1. The maximum absolute atomic E-state index is 5.90. The van der Waals surface area contributed by atoms with Crippen LogP contribution in [0, 0.1) is 13.8 Å². The molecule has 1 aromatic carbocycles. The van der Waals surface area contributed by atoms with Gasteiger partial charge in [0.15, 0.2) is 11.8 Å². The lowest BCUT2D eigenvalue weighted by Gasteiger charge is -2.05. The van der Waals surface area contributed by atoms with Crippen molar-refractivity contribution < 1.29 is 8.98 Å². The summed E-state index contributed by atoms with van der Waals surface area (Å²) >= 11 is 0. The third-order valence-electron chi connectivity index (χ3n) is 4.13. The average Bonchev–Trinajstić information content (AvgIpc) is 2.84. The minimum Gasteiger partial charge on any atom is -0.454 e. The molecule has 0 aliphatic heterocycles. The normalized spacial score (nSPS) is 11.4. The molecule has 0 unspecified atom stereocenters. The summed E-state index contributed by atoms with van der Waals surface area (Å²) in [7, 11) is 2.08. The molecule has 22 heavy (non-hydrogen) atoms. The van der Waals surface area contributed by atoms with Gasteiger partial charge in [-0.1, -0.05) is 0 Å². The first kappa shape index (κ1) is 13.0. The predicted molar refractivity (Wildman–Crippen MR) is 87.6 cm³/mol. The molecule has 4 rings (SSSR count). The predicted octanol–water partition coefficient (Wildman–Crippen LogP) is 4.09. The van der Waals surface area contributed by atoms with Gasteiger partial charge in [0.05, 0.1) is 0 Å². The third-order valence-corrected chi connectivity index (χ3v) is 4.13. The highest BCUT2D eigenvalue weighted by molar-refractivity contribution is 6.04. The maximum Gasteiger partial charge on any atom is 0.212 e. The topological polar surface area (TPSA) is 29.9 Å². The van der Waals surface area contributed by atoms with E-state index in [1.807, 2.05) is 18.3 Å². The second-order valence-corrected chi connectivity index (χ2v) is 5.82. The molecular weight excluding hydrogens is 272 g/mol. The molecule has 4 aromatic rings. The van der Waals surface area contributed by atoms with Gasteiger partial charge in [0, 0.05) is 28.8 Å². The van der Waals surface area contributed by atoms with Crippen molar-refractivity contribution in [3.63, 3.8) is 0 Å². The highest BCUT2D eigenvalue weighted by Crippen LogP contribution is 2.32. The van der Waals surface area contributed by atoms with Crippen LogP contribution in [0.4, 0.5) is 0 Å². The first-order chi connectivity index (χ1) is 10.6. The molecule has 3 aromatic heterocycles. The summed E-state index contributed by atoms with van der Waals surface area (Å²) in [5.74, 6) is 0. The molecule has 0 bridgehead atoms. The number of aromatic nitrogens is 2. The molecule has 0 amide bonds. The fraction of sp³-hybridized carbons (Fsp3) is 0.158. The van der Waals surface area contributed by atoms with E-state index in [4.69, 9.17) is 4.42 Å². The molecule has 0 saturated carbocycles. The van der Waals surface area contributed by atoms with Crippen molar-refractivity contribution in [2.75, 3.05) is 0 Å². The first-order valence-corrected chi connectivity index (χ1v) is 7.38. The summed E-state index contributed by atoms with van der Waals surface area (Å²) in [6, 6.07) is 12.5. The number of furan rings is 1. The van der Waals surface area contributed by atoms with Gasteiger partial charge < -0.3 is 4.42 Å². The van der Waals surface area contributed by atoms with E-state index in [-0.39, 0.29) is 0 Å². The van der Waals surface area contributed by atoms with Gasteiger partial charge in [-0.15, -0.1) is 0 Å². The smallest absolute Gasteiger partial charge is 0.212 e. The zero-order valence-electron chi connectivity index (χ0n) is 12.9. The van der Waals surface area contributed by atoms with Crippen LogP contribution in [-0.2, 0) is 7.05 Å². The molecule has 0 aliphatic carbocycles. The first-order valence-electron chi connectivity index (χ1n) is 7.38. The van der Waals surface area contributed by atoms with Gasteiger partial charge in [-0.25, -0.2) is 4.57 Å². The van der Waals surface area contributed by atoms with Gasteiger partial charge in [0.25, 0.3) is 0 Å². The molecule has 0 saturated heterocycles. The fourth-order valence-corrected chi connectivity index (χ4v) is 3.05. The second kappa shape index (κ2) is 4.67. The van der Waals surface area contributed by atoms with E-state index < -0.39 is 0 Å². The third kappa shape index (κ3) is 1.90. The van der Waals surface area contributed by atoms with Gasteiger partial charge in [0.2, 0.25) is 5.69 Å². The van der Waals surface area contributed by atoms with Crippen LogP contribution in [0.2, 0.25) is 0 Å². The van der Waals surface area contributed by atoms with Crippen molar-refractivity contribution in [1.82, 2.24) is 4.98 Å². The molecule has 0 N–H and O–H groups in total. The minimum atomic E-state index is 0.835. The van der Waals surface area contributed by atoms with Crippen molar-refractivity contribution in [1.29, 1.82) is 0 Å². The number of fused-ring (bicyclic) bond motifs is 3. The lowest BCUT2D eigenvalue weighted by atomic mass is 10.0. The Kier molecular flexibility index (Phi) is 2.76. The van der Waals surface area contributed by atoms with Crippen molar-refractivity contribution in [3.05, 3.63) is 59.9 Å². The number of aryl methyl sites for hydroxylation is 3. The zero-order valence-corrected chi connectivity index (χ0v) is 12.9. The Morgan fingerprint density at radius 1 is 1.05 bits per heavy atom. The van der Waals surface area contributed by atoms with Crippen LogP contribution < -0.4 is 4.57 Å². The zero-order chi connectivity index (χ0) is 15.3. The molecule has 3 heterocycles. The van der Waals surface area contributed by atoms with E-state index in [0.717, 1.165) is 22.1 Å². The van der Waals surface area contributed by atoms with E-state index in [9.17, 15) is 0 Å². The van der Waals surface area contributed by atoms with Crippen molar-refractivity contribution >= 4 is 22.1 Å². The number of hydrogen-bond acceptors (Lipinski definition) is 2. The van der Waals surface area contributed by atoms with Gasteiger partial charge in [-0.05, 0) is 49.7 Å². The van der Waals surface area contributed by atoms with Crippen molar-refractivity contribution in [2.24, 2.45) is 7.05 Å². The van der Waals surface area contributed by atoms with Crippen LogP contribution >= 0.6 is 0 Å². The molecule has 0 fully saturated rings. The highest BCUT2D eigenvalue weighted by atomic mass is 16.3. The maximum atomic E-state index is 5.90. The summed E-state index contributed by atoms with van der Waals surface area (Å²) < 4.78 is 8.07. The van der Waals surface area contributed by atoms with Crippen LogP contribution in [0.5, 0.6) is 0 Å². The van der Waals surface area contributed by atoms with E-state index in [1.54, 1.807) is 0 Å². The Hall–Kier alpha value is -2.68. The molecule has 0 radical (unpaired) electrons. The Bertz CT molecular complexity index is 1010. The number of rotatable bonds is 1.